The highest BCUT2D eigenvalue weighted by atomic mass is 32.2. The minimum absolute atomic E-state index is 0.738. The molecule has 1 saturated heterocycles. The molecule has 2 unspecified atom stereocenters. The average molecular weight is 247 g/mol. The van der Waals surface area contributed by atoms with E-state index >= 15 is 0 Å². The van der Waals surface area contributed by atoms with Crippen LogP contribution in [-0.4, -0.2) is 35.6 Å². The van der Waals surface area contributed by atoms with Crippen LogP contribution < -0.4 is 5.32 Å². The summed E-state index contributed by atoms with van der Waals surface area (Å²) in [5, 5.41) is 4.36. The van der Waals surface area contributed by atoms with Crippen LogP contribution in [0, 0.1) is 5.92 Å². The lowest BCUT2D eigenvalue weighted by molar-refractivity contribution is 0.458. The maximum absolute atomic E-state index is 3.51. The minimum Gasteiger partial charge on any atom is -0.316 e. The van der Waals surface area contributed by atoms with E-state index in [9.17, 15) is 0 Å². The summed E-state index contributed by atoms with van der Waals surface area (Å²) in [6.45, 7) is 4.64. The quantitative estimate of drug-likeness (QED) is 0.774. The Morgan fingerprint density at radius 2 is 2.07 bits per heavy atom. The third kappa shape index (κ3) is 5.50. The van der Waals surface area contributed by atoms with Gasteiger partial charge < -0.3 is 5.32 Å². The van der Waals surface area contributed by atoms with Crippen LogP contribution in [0.3, 0.4) is 0 Å². The standard InChI is InChI=1S/C12H25NS2/c1-10(2)5-4-6-11(13-3)12-9-14-7-8-15-12/h10-13H,4-9H2,1-3H3. The van der Waals surface area contributed by atoms with Crippen molar-refractivity contribution in [2.75, 3.05) is 24.3 Å². The van der Waals surface area contributed by atoms with Crippen molar-refractivity contribution in [2.24, 2.45) is 5.92 Å². The molecule has 0 aromatic heterocycles. The van der Waals surface area contributed by atoms with E-state index in [2.05, 4.69) is 49.7 Å². The molecule has 1 rings (SSSR count). The monoisotopic (exact) mass is 247 g/mol. The van der Waals surface area contributed by atoms with Gasteiger partial charge in [-0.25, -0.2) is 0 Å². The highest BCUT2D eigenvalue weighted by Gasteiger charge is 2.22. The number of rotatable bonds is 6. The molecule has 0 amide bonds. The molecule has 0 radical (unpaired) electrons. The lowest BCUT2D eigenvalue weighted by atomic mass is 10.0. The number of hydrogen-bond donors (Lipinski definition) is 1. The van der Waals surface area contributed by atoms with Crippen molar-refractivity contribution in [1.29, 1.82) is 0 Å². The summed E-state index contributed by atoms with van der Waals surface area (Å²) in [7, 11) is 2.12. The van der Waals surface area contributed by atoms with Gasteiger partial charge in [0.25, 0.3) is 0 Å². The van der Waals surface area contributed by atoms with Gasteiger partial charge in [-0.05, 0) is 19.4 Å². The molecule has 1 heterocycles. The van der Waals surface area contributed by atoms with Gasteiger partial charge in [0.05, 0.1) is 0 Å². The van der Waals surface area contributed by atoms with Gasteiger partial charge in [0.15, 0.2) is 0 Å². The summed E-state index contributed by atoms with van der Waals surface area (Å²) in [4.78, 5) is 0. The molecule has 1 aliphatic rings. The van der Waals surface area contributed by atoms with E-state index in [0.717, 1.165) is 17.2 Å². The Hall–Kier alpha value is 0.660. The third-order valence-corrected chi connectivity index (χ3v) is 5.88. The molecular weight excluding hydrogens is 222 g/mol. The van der Waals surface area contributed by atoms with E-state index in [4.69, 9.17) is 0 Å². The van der Waals surface area contributed by atoms with Crippen LogP contribution in [0.5, 0.6) is 0 Å². The fourth-order valence-corrected chi connectivity index (χ4v) is 4.97. The van der Waals surface area contributed by atoms with Crippen LogP contribution in [0.2, 0.25) is 0 Å². The zero-order valence-corrected chi connectivity index (χ0v) is 11.9. The van der Waals surface area contributed by atoms with Crippen LogP contribution in [0.4, 0.5) is 0 Å². The Balaban J connectivity index is 2.21. The molecular formula is C12H25NS2. The maximum atomic E-state index is 3.51. The van der Waals surface area contributed by atoms with Crippen molar-refractivity contribution in [2.45, 2.75) is 44.4 Å². The summed E-state index contributed by atoms with van der Waals surface area (Å²) in [6.07, 6.45) is 4.11. The topological polar surface area (TPSA) is 12.0 Å². The predicted molar refractivity (Wildman–Crippen MR) is 75.1 cm³/mol. The summed E-state index contributed by atoms with van der Waals surface area (Å²) in [5.41, 5.74) is 0. The van der Waals surface area contributed by atoms with Crippen LogP contribution in [-0.2, 0) is 0 Å². The van der Waals surface area contributed by atoms with Gasteiger partial charge in [0.1, 0.15) is 0 Å². The van der Waals surface area contributed by atoms with Gasteiger partial charge >= 0.3 is 0 Å². The molecule has 1 fully saturated rings. The molecule has 0 saturated carbocycles. The fraction of sp³-hybridized carbons (Fsp3) is 1.00. The number of nitrogens with one attached hydrogen (secondary N) is 1. The molecule has 1 nitrogen and oxygen atoms in total. The molecule has 1 N–H and O–H groups in total. The Bertz CT molecular complexity index is 156. The van der Waals surface area contributed by atoms with Crippen molar-refractivity contribution < 1.29 is 0 Å². The second-order valence-electron chi connectivity index (χ2n) is 4.70. The van der Waals surface area contributed by atoms with Crippen LogP contribution in [0.1, 0.15) is 33.1 Å². The van der Waals surface area contributed by atoms with E-state index < -0.39 is 0 Å². The molecule has 3 heteroatoms. The Morgan fingerprint density at radius 3 is 2.60 bits per heavy atom. The SMILES string of the molecule is CNC(CCCC(C)C)C1CSCCS1. The molecule has 2 atom stereocenters. The number of thioether (sulfide) groups is 2. The first kappa shape index (κ1) is 13.7. The van der Waals surface area contributed by atoms with Crippen molar-refractivity contribution >= 4 is 23.5 Å². The van der Waals surface area contributed by atoms with E-state index in [-0.39, 0.29) is 0 Å². The Kier molecular flexibility index (Phi) is 7.19. The zero-order chi connectivity index (χ0) is 11.1. The van der Waals surface area contributed by atoms with Crippen molar-refractivity contribution in [3.8, 4) is 0 Å². The maximum Gasteiger partial charge on any atom is 0.0291 e. The average Bonchev–Trinajstić information content (AvgIpc) is 2.25. The van der Waals surface area contributed by atoms with E-state index in [0.29, 0.717) is 0 Å². The molecule has 0 aliphatic carbocycles. The molecule has 0 aromatic carbocycles. The van der Waals surface area contributed by atoms with Gasteiger partial charge in [-0.15, -0.1) is 0 Å². The highest BCUT2D eigenvalue weighted by Crippen LogP contribution is 2.28. The zero-order valence-electron chi connectivity index (χ0n) is 10.3. The molecule has 0 bridgehead atoms. The Morgan fingerprint density at radius 1 is 1.27 bits per heavy atom. The van der Waals surface area contributed by atoms with Gasteiger partial charge in [0.2, 0.25) is 0 Å². The first-order valence-corrected chi connectivity index (χ1v) is 8.31. The second-order valence-corrected chi connectivity index (χ2v) is 7.20. The third-order valence-electron chi connectivity index (χ3n) is 2.96. The summed E-state index contributed by atoms with van der Waals surface area (Å²) in [6, 6.07) is 0.738. The fourth-order valence-electron chi connectivity index (χ4n) is 2.00. The second kappa shape index (κ2) is 7.86. The van der Waals surface area contributed by atoms with Crippen LogP contribution >= 0.6 is 23.5 Å². The van der Waals surface area contributed by atoms with Gasteiger partial charge in [-0.2, -0.15) is 23.5 Å². The number of hydrogen-bond acceptors (Lipinski definition) is 3. The van der Waals surface area contributed by atoms with Crippen molar-refractivity contribution in [3.05, 3.63) is 0 Å². The van der Waals surface area contributed by atoms with E-state index in [1.165, 1.54) is 36.5 Å². The first-order valence-electron chi connectivity index (χ1n) is 6.10. The summed E-state index contributed by atoms with van der Waals surface area (Å²) in [5.74, 6) is 4.90. The van der Waals surface area contributed by atoms with Crippen LogP contribution in [0.25, 0.3) is 0 Å². The molecule has 1 aliphatic heterocycles. The molecule has 90 valence electrons. The van der Waals surface area contributed by atoms with Gasteiger partial charge in [-0.1, -0.05) is 26.7 Å². The van der Waals surface area contributed by atoms with Crippen molar-refractivity contribution in [1.82, 2.24) is 5.32 Å². The lowest BCUT2D eigenvalue weighted by Gasteiger charge is -2.29. The lowest BCUT2D eigenvalue weighted by Crippen LogP contribution is -2.38. The molecule has 15 heavy (non-hydrogen) atoms. The van der Waals surface area contributed by atoms with Gasteiger partial charge in [0, 0.05) is 28.6 Å². The van der Waals surface area contributed by atoms with Crippen molar-refractivity contribution in [3.63, 3.8) is 0 Å². The first-order chi connectivity index (χ1) is 7.24. The summed E-state index contributed by atoms with van der Waals surface area (Å²) < 4.78 is 0. The largest absolute Gasteiger partial charge is 0.316 e. The smallest absolute Gasteiger partial charge is 0.0291 e. The predicted octanol–water partition coefficient (Wildman–Crippen LogP) is 3.25. The van der Waals surface area contributed by atoms with E-state index in [1.807, 2.05) is 0 Å². The summed E-state index contributed by atoms with van der Waals surface area (Å²) >= 11 is 4.30. The highest BCUT2D eigenvalue weighted by molar-refractivity contribution is 8.06. The normalized spacial score (nSPS) is 24.4. The van der Waals surface area contributed by atoms with Crippen LogP contribution in [0.15, 0.2) is 0 Å². The van der Waals surface area contributed by atoms with Gasteiger partial charge in [-0.3, -0.25) is 0 Å². The minimum atomic E-state index is 0.738. The van der Waals surface area contributed by atoms with E-state index in [1.54, 1.807) is 0 Å². The molecule has 0 aromatic rings. The Labute approximate surface area is 104 Å². The molecule has 0 spiro atoms.